The first-order valence-electron chi connectivity index (χ1n) is 7.87. The van der Waals surface area contributed by atoms with Crippen molar-refractivity contribution in [2.75, 3.05) is 5.32 Å². The Kier molecular flexibility index (Phi) is 4.33. The number of H-pyrrole nitrogens is 1. The average molecular weight is 321 g/mol. The van der Waals surface area contributed by atoms with E-state index >= 15 is 0 Å². The highest BCUT2D eigenvalue weighted by atomic mass is 16.2. The van der Waals surface area contributed by atoms with Crippen LogP contribution in [0.2, 0.25) is 0 Å². The van der Waals surface area contributed by atoms with Gasteiger partial charge in [0.1, 0.15) is 5.82 Å². The molecule has 0 amide bonds. The largest absolute Gasteiger partial charge is 0.342 e. The lowest BCUT2D eigenvalue weighted by Crippen LogP contribution is -2.33. The fourth-order valence-electron chi connectivity index (χ4n) is 2.67. The molecule has 0 fully saturated rings. The summed E-state index contributed by atoms with van der Waals surface area (Å²) in [5, 5.41) is 3.10. The fourth-order valence-corrected chi connectivity index (χ4v) is 2.67. The first-order valence-corrected chi connectivity index (χ1v) is 7.87. The summed E-state index contributed by atoms with van der Waals surface area (Å²) in [4.78, 5) is 27.3. The number of benzene rings is 2. The predicted molar refractivity (Wildman–Crippen MR) is 96.5 cm³/mol. The van der Waals surface area contributed by atoms with Crippen molar-refractivity contribution >= 4 is 11.5 Å². The van der Waals surface area contributed by atoms with Crippen molar-refractivity contribution in [3.63, 3.8) is 0 Å². The van der Waals surface area contributed by atoms with E-state index in [4.69, 9.17) is 0 Å². The van der Waals surface area contributed by atoms with Gasteiger partial charge in [-0.05, 0) is 48.7 Å². The molecule has 0 radical (unpaired) electrons. The zero-order valence-electron chi connectivity index (χ0n) is 13.7. The molecule has 0 unspecified atom stereocenters. The normalized spacial score (nSPS) is 10.6. The smallest absolute Gasteiger partial charge is 0.334 e. The van der Waals surface area contributed by atoms with E-state index in [-0.39, 0.29) is 5.56 Å². The van der Waals surface area contributed by atoms with Gasteiger partial charge in [0.05, 0.1) is 5.69 Å². The molecule has 0 atom stereocenters. The highest BCUT2D eigenvalue weighted by Crippen LogP contribution is 2.18. The zero-order valence-corrected chi connectivity index (χ0v) is 13.7. The summed E-state index contributed by atoms with van der Waals surface area (Å²) in [7, 11) is 0. The minimum Gasteiger partial charge on any atom is -0.342 e. The average Bonchev–Trinajstić information content (AvgIpc) is 2.57. The summed E-state index contributed by atoms with van der Waals surface area (Å²) in [5.74, 6) is 0.378. The Morgan fingerprint density at radius 1 is 1.04 bits per heavy atom. The predicted octanol–water partition coefficient (Wildman–Crippen LogP) is 3.14. The summed E-state index contributed by atoms with van der Waals surface area (Å²) in [5.41, 5.74) is 2.97. The van der Waals surface area contributed by atoms with Crippen LogP contribution in [-0.2, 0) is 6.42 Å². The van der Waals surface area contributed by atoms with Gasteiger partial charge < -0.3 is 5.32 Å². The van der Waals surface area contributed by atoms with Crippen LogP contribution in [-0.4, -0.2) is 9.55 Å². The van der Waals surface area contributed by atoms with E-state index in [1.54, 1.807) is 24.3 Å². The molecule has 3 aromatic rings. The van der Waals surface area contributed by atoms with E-state index in [0.29, 0.717) is 11.5 Å². The van der Waals surface area contributed by atoms with Crippen molar-refractivity contribution in [3.8, 4) is 5.69 Å². The van der Waals surface area contributed by atoms with Crippen molar-refractivity contribution in [3.05, 3.63) is 86.6 Å². The van der Waals surface area contributed by atoms with Crippen LogP contribution in [0.25, 0.3) is 5.69 Å². The molecule has 2 N–H and O–H groups in total. The van der Waals surface area contributed by atoms with Gasteiger partial charge in [0.15, 0.2) is 0 Å². The van der Waals surface area contributed by atoms with Crippen LogP contribution in [0.3, 0.4) is 0 Å². The van der Waals surface area contributed by atoms with Gasteiger partial charge in [-0.1, -0.05) is 31.2 Å². The minimum atomic E-state index is -0.473. The van der Waals surface area contributed by atoms with E-state index < -0.39 is 5.69 Å². The maximum absolute atomic E-state index is 12.3. The molecule has 3 rings (SSSR count). The van der Waals surface area contributed by atoms with Crippen molar-refractivity contribution < 1.29 is 0 Å². The first-order chi connectivity index (χ1) is 11.6. The Bertz CT molecular complexity index is 941. The number of hydrogen-bond acceptors (Lipinski definition) is 3. The molecular formula is C19H19N3O2. The second-order valence-corrected chi connectivity index (χ2v) is 5.62. The molecule has 2 aromatic carbocycles. The molecule has 5 heteroatoms. The number of hydrogen-bond donors (Lipinski definition) is 2. The van der Waals surface area contributed by atoms with Crippen molar-refractivity contribution in [2.45, 2.75) is 20.3 Å². The van der Waals surface area contributed by atoms with E-state index in [0.717, 1.165) is 16.7 Å². The molecule has 5 nitrogen and oxygen atoms in total. The van der Waals surface area contributed by atoms with E-state index in [9.17, 15) is 9.59 Å². The number of aromatic amines is 1. The summed E-state index contributed by atoms with van der Waals surface area (Å²) < 4.78 is 1.11. The van der Waals surface area contributed by atoms with Gasteiger partial charge in [0, 0.05) is 11.8 Å². The third kappa shape index (κ3) is 3.15. The molecule has 0 aliphatic carbocycles. The number of aryl methyl sites for hydroxylation is 2. The van der Waals surface area contributed by atoms with Gasteiger partial charge in [-0.15, -0.1) is 0 Å². The van der Waals surface area contributed by atoms with Crippen LogP contribution in [0.4, 0.5) is 11.5 Å². The molecule has 0 bridgehead atoms. The van der Waals surface area contributed by atoms with Crippen LogP contribution in [0.15, 0.2) is 64.2 Å². The Labute approximate surface area is 139 Å². The number of nitrogens with zero attached hydrogens (tertiary/aromatic N) is 1. The number of anilines is 2. The fraction of sp³-hybridized carbons (Fsp3) is 0.158. The quantitative estimate of drug-likeness (QED) is 0.776. The molecule has 0 spiro atoms. The van der Waals surface area contributed by atoms with Crippen LogP contribution in [0, 0.1) is 6.92 Å². The molecular weight excluding hydrogens is 302 g/mol. The second kappa shape index (κ2) is 6.58. The third-order valence-electron chi connectivity index (χ3n) is 3.96. The maximum atomic E-state index is 12.3. The summed E-state index contributed by atoms with van der Waals surface area (Å²) >= 11 is 0. The summed E-state index contributed by atoms with van der Waals surface area (Å²) in [6, 6.07) is 16.2. The second-order valence-electron chi connectivity index (χ2n) is 5.62. The van der Waals surface area contributed by atoms with E-state index in [1.165, 1.54) is 17.2 Å². The molecule has 122 valence electrons. The van der Waals surface area contributed by atoms with Crippen LogP contribution < -0.4 is 16.6 Å². The highest BCUT2D eigenvalue weighted by Gasteiger charge is 2.07. The first kappa shape index (κ1) is 15.8. The van der Waals surface area contributed by atoms with Crippen LogP contribution in [0.1, 0.15) is 18.1 Å². The van der Waals surface area contributed by atoms with Gasteiger partial charge in [0.25, 0.3) is 5.56 Å². The standard InChI is InChI=1S/C19H19N3O2/c1-3-14-11-15(10-9-13(14)2)20-17-12-18(23)22(19(24)21-17)16-7-5-4-6-8-16/h4-12,20H,3H2,1-2H3,(H,21,24). The Balaban J connectivity index is 1.97. The Morgan fingerprint density at radius 2 is 1.79 bits per heavy atom. The molecule has 0 saturated heterocycles. The van der Waals surface area contributed by atoms with Crippen LogP contribution in [0.5, 0.6) is 0 Å². The van der Waals surface area contributed by atoms with Crippen molar-refractivity contribution in [2.24, 2.45) is 0 Å². The van der Waals surface area contributed by atoms with Gasteiger partial charge in [0.2, 0.25) is 0 Å². The van der Waals surface area contributed by atoms with Gasteiger partial charge in [-0.3, -0.25) is 9.78 Å². The topological polar surface area (TPSA) is 66.9 Å². The Hall–Kier alpha value is -3.08. The summed E-state index contributed by atoms with van der Waals surface area (Å²) in [6.45, 7) is 4.15. The molecule has 0 aliphatic rings. The van der Waals surface area contributed by atoms with Crippen molar-refractivity contribution in [1.29, 1.82) is 0 Å². The molecule has 0 aliphatic heterocycles. The van der Waals surface area contributed by atoms with Gasteiger partial charge in [-0.25, -0.2) is 9.36 Å². The Morgan fingerprint density at radius 3 is 2.46 bits per heavy atom. The molecule has 1 aromatic heterocycles. The van der Waals surface area contributed by atoms with Gasteiger partial charge in [-0.2, -0.15) is 0 Å². The lowest BCUT2D eigenvalue weighted by molar-refractivity contribution is 0.879. The van der Waals surface area contributed by atoms with E-state index in [1.807, 2.05) is 24.3 Å². The maximum Gasteiger partial charge on any atom is 0.334 e. The lowest BCUT2D eigenvalue weighted by atomic mass is 10.1. The lowest BCUT2D eigenvalue weighted by Gasteiger charge is -2.11. The van der Waals surface area contributed by atoms with E-state index in [2.05, 4.69) is 24.1 Å². The minimum absolute atomic E-state index is 0.378. The zero-order chi connectivity index (χ0) is 17.1. The molecule has 24 heavy (non-hydrogen) atoms. The monoisotopic (exact) mass is 321 g/mol. The molecule has 0 saturated carbocycles. The van der Waals surface area contributed by atoms with Crippen molar-refractivity contribution in [1.82, 2.24) is 9.55 Å². The molecule has 1 heterocycles. The van der Waals surface area contributed by atoms with Crippen LogP contribution >= 0.6 is 0 Å². The number of nitrogens with one attached hydrogen (secondary N) is 2. The highest BCUT2D eigenvalue weighted by molar-refractivity contribution is 5.57. The van der Waals surface area contributed by atoms with Gasteiger partial charge >= 0.3 is 5.69 Å². The SMILES string of the molecule is CCc1cc(Nc2cc(=O)n(-c3ccccc3)c(=O)[nH]2)ccc1C. The number of rotatable bonds is 4. The number of aromatic nitrogens is 2. The number of para-hydroxylation sites is 1. The third-order valence-corrected chi connectivity index (χ3v) is 3.96. The summed E-state index contributed by atoms with van der Waals surface area (Å²) in [6.07, 6.45) is 0.924.